The van der Waals surface area contributed by atoms with Crippen molar-refractivity contribution in [2.75, 3.05) is 0 Å². The number of rotatable bonds is 2. The zero-order chi connectivity index (χ0) is 8.93. The first-order valence-electron chi connectivity index (χ1n) is 4.06. The van der Waals surface area contributed by atoms with Gasteiger partial charge in [-0.25, -0.2) is 0 Å². The van der Waals surface area contributed by atoms with Gasteiger partial charge < -0.3 is 0 Å². The molecule has 0 saturated carbocycles. The van der Waals surface area contributed by atoms with E-state index >= 15 is 0 Å². The third-order valence-corrected chi connectivity index (χ3v) is 1.56. The molecule has 0 aliphatic carbocycles. The highest BCUT2D eigenvalue weighted by Gasteiger charge is 2.06. The fourth-order valence-electron chi connectivity index (χ4n) is 0.983. The van der Waals surface area contributed by atoms with E-state index in [0.29, 0.717) is 0 Å². The largest absolute Gasteiger partial charge is 0.229 e. The molecule has 0 aliphatic heterocycles. The molecule has 0 radical (unpaired) electrons. The summed E-state index contributed by atoms with van der Waals surface area (Å²) in [5.41, 5.74) is 0. The van der Waals surface area contributed by atoms with Crippen molar-refractivity contribution in [1.29, 1.82) is 0 Å². The van der Waals surface area contributed by atoms with E-state index in [9.17, 15) is 0 Å². The molecule has 3 nitrogen and oxygen atoms in total. The highest BCUT2D eigenvalue weighted by molar-refractivity contribution is 4.83. The summed E-state index contributed by atoms with van der Waals surface area (Å²) in [4.78, 5) is 5.41. The molecule has 0 fully saturated rings. The zero-order valence-electron chi connectivity index (χ0n) is 7.08. The number of aromatic nitrogens is 2. The molecular formula is C10H10N2O+2. The van der Waals surface area contributed by atoms with E-state index in [4.69, 9.17) is 4.94 Å². The van der Waals surface area contributed by atoms with Crippen LogP contribution >= 0.6 is 0 Å². The number of hydrogen-bond donors (Lipinski definition) is 0. The van der Waals surface area contributed by atoms with Gasteiger partial charge in [-0.2, -0.15) is 0 Å². The number of pyridine rings is 2. The molecule has 0 unspecified atom stereocenters. The summed E-state index contributed by atoms with van der Waals surface area (Å²) in [6, 6.07) is 11.5. The second-order valence-electron chi connectivity index (χ2n) is 2.55. The van der Waals surface area contributed by atoms with Crippen molar-refractivity contribution in [2.45, 2.75) is 0 Å². The van der Waals surface area contributed by atoms with Crippen LogP contribution in [0.5, 0.6) is 0 Å². The van der Waals surface area contributed by atoms with Gasteiger partial charge in [0.05, 0.1) is 9.46 Å². The average Bonchev–Trinajstić information content (AvgIpc) is 2.21. The third-order valence-electron chi connectivity index (χ3n) is 1.56. The maximum atomic E-state index is 5.41. The molecule has 3 heteroatoms. The molecular weight excluding hydrogens is 164 g/mol. The summed E-state index contributed by atoms with van der Waals surface area (Å²) in [5, 5.41) is 0. The summed E-state index contributed by atoms with van der Waals surface area (Å²) in [6.45, 7) is 0. The first-order chi connectivity index (χ1) is 6.45. The molecule has 2 heterocycles. The van der Waals surface area contributed by atoms with Crippen LogP contribution in [-0.2, 0) is 0 Å². The van der Waals surface area contributed by atoms with Crippen molar-refractivity contribution in [3.63, 3.8) is 0 Å². The Hall–Kier alpha value is -1.90. The Balaban J connectivity index is 2.16. The zero-order valence-corrected chi connectivity index (χ0v) is 7.08. The smallest absolute Gasteiger partial charge is 0.0500 e. The van der Waals surface area contributed by atoms with Crippen molar-refractivity contribution in [2.24, 2.45) is 0 Å². The van der Waals surface area contributed by atoms with Crippen LogP contribution < -0.4 is 14.4 Å². The van der Waals surface area contributed by atoms with E-state index < -0.39 is 0 Å². The van der Waals surface area contributed by atoms with Gasteiger partial charge >= 0.3 is 0 Å². The highest BCUT2D eigenvalue weighted by Crippen LogP contribution is 1.75. The molecule has 0 atom stereocenters. The Morgan fingerprint density at radius 1 is 0.538 bits per heavy atom. The Morgan fingerprint density at radius 3 is 1.31 bits per heavy atom. The monoisotopic (exact) mass is 174 g/mol. The highest BCUT2D eigenvalue weighted by atomic mass is 16.8. The summed E-state index contributed by atoms with van der Waals surface area (Å²) < 4.78 is 3.25. The van der Waals surface area contributed by atoms with Crippen molar-refractivity contribution in [3.05, 3.63) is 61.2 Å². The van der Waals surface area contributed by atoms with Crippen LogP contribution in [-0.4, -0.2) is 0 Å². The van der Waals surface area contributed by atoms with Crippen LogP contribution in [0.4, 0.5) is 0 Å². The van der Waals surface area contributed by atoms with Gasteiger partial charge in [-0.15, -0.1) is 0 Å². The van der Waals surface area contributed by atoms with Crippen LogP contribution in [0.3, 0.4) is 0 Å². The van der Waals surface area contributed by atoms with E-state index in [1.165, 1.54) is 0 Å². The lowest BCUT2D eigenvalue weighted by atomic mass is 10.5. The molecule has 0 spiro atoms. The molecule has 2 rings (SSSR count). The van der Waals surface area contributed by atoms with Crippen molar-refractivity contribution in [3.8, 4) is 0 Å². The predicted octanol–water partition coefficient (Wildman–Crippen LogP) is 0.153. The second kappa shape index (κ2) is 3.67. The van der Waals surface area contributed by atoms with Crippen molar-refractivity contribution >= 4 is 0 Å². The minimum Gasteiger partial charge on any atom is -0.0500 e. The fourth-order valence-corrected chi connectivity index (χ4v) is 0.983. The first kappa shape index (κ1) is 7.73. The van der Waals surface area contributed by atoms with E-state index in [2.05, 4.69) is 0 Å². The number of hydrogen-bond acceptors (Lipinski definition) is 1. The Bertz CT molecular complexity index is 324. The molecule has 64 valence electrons. The summed E-state index contributed by atoms with van der Waals surface area (Å²) in [6.07, 6.45) is 7.33. The van der Waals surface area contributed by atoms with Gasteiger partial charge in [0.15, 0.2) is 0 Å². The lowest BCUT2D eigenvalue weighted by Crippen LogP contribution is -2.59. The van der Waals surface area contributed by atoms with Gasteiger partial charge in [0.2, 0.25) is 24.8 Å². The van der Waals surface area contributed by atoms with Gasteiger partial charge in [0.25, 0.3) is 0 Å². The summed E-state index contributed by atoms with van der Waals surface area (Å²) >= 11 is 0. The SMILES string of the molecule is c1cc[n+](O[n+]2ccccc2)cc1. The quantitative estimate of drug-likeness (QED) is 0.592. The lowest BCUT2D eigenvalue weighted by Gasteiger charge is -1.87. The van der Waals surface area contributed by atoms with Crippen LogP contribution in [0, 0.1) is 0 Å². The van der Waals surface area contributed by atoms with Crippen LogP contribution in [0.25, 0.3) is 0 Å². The minimum atomic E-state index is 1.62. The topological polar surface area (TPSA) is 17.0 Å². The predicted molar refractivity (Wildman–Crippen MR) is 45.3 cm³/mol. The normalized spacial score (nSPS) is 9.54. The molecule has 0 amide bonds. The van der Waals surface area contributed by atoms with Crippen LogP contribution in [0.2, 0.25) is 0 Å². The maximum Gasteiger partial charge on any atom is 0.229 e. The molecule has 2 aromatic rings. The van der Waals surface area contributed by atoms with Crippen molar-refractivity contribution in [1.82, 2.24) is 0 Å². The molecule has 0 saturated heterocycles. The van der Waals surface area contributed by atoms with Gasteiger partial charge in [-0.05, 0) is 0 Å². The Kier molecular flexibility index (Phi) is 2.18. The molecule has 13 heavy (non-hydrogen) atoms. The average molecular weight is 174 g/mol. The van der Waals surface area contributed by atoms with Gasteiger partial charge in [-0.3, -0.25) is 0 Å². The fraction of sp³-hybridized carbons (Fsp3) is 0. The lowest BCUT2D eigenvalue weighted by molar-refractivity contribution is -1.16. The second-order valence-corrected chi connectivity index (χ2v) is 2.55. The van der Waals surface area contributed by atoms with Crippen molar-refractivity contribution < 1.29 is 14.4 Å². The Morgan fingerprint density at radius 2 is 0.923 bits per heavy atom. The van der Waals surface area contributed by atoms with E-state index in [0.717, 1.165) is 0 Å². The molecule has 0 aliphatic rings. The van der Waals surface area contributed by atoms with E-state index in [1.54, 1.807) is 9.46 Å². The number of nitrogens with zero attached hydrogens (tertiary/aromatic N) is 2. The summed E-state index contributed by atoms with van der Waals surface area (Å²) in [7, 11) is 0. The Labute approximate surface area is 76.4 Å². The van der Waals surface area contributed by atoms with Gasteiger partial charge in [0, 0.05) is 29.2 Å². The summed E-state index contributed by atoms with van der Waals surface area (Å²) in [5.74, 6) is 0. The molecule has 2 aromatic heterocycles. The van der Waals surface area contributed by atoms with Crippen LogP contribution in [0.1, 0.15) is 0 Å². The molecule has 0 aromatic carbocycles. The van der Waals surface area contributed by atoms with Crippen LogP contribution in [0.15, 0.2) is 61.2 Å². The van der Waals surface area contributed by atoms with E-state index in [-0.39, 0.29) is 0 Å². The molecule has 0 N–H and O–H groups in total. The standard InChI is InChI=1S/C10H10N2O/c1-3-7-11(8-4-1)13-12-9-5-2-6-10-12/h1-10H/q+2. The first-order valence-corrected chi connectivity index (χ1v) is 4.06. The van der Waals surface area contributed by atoms with Gasteiger partial charge in [-0.1, -0.05) is 12.1 Å². The minimum absolute atomic E-state index is 1.62. The molecule has 0 bridgehead atoms. The maximum absolute atomic E-state index is 5.41. The van der Waals surface area contributed by atoms with E-state index in [1.807, 2.05) is 61.2 Å². The third kappa shape index (κ3) is 2.02. The van der Waals surface area contributed by atoms with Gasteiger partial charge in [0.1, 0.15) is 0 Å².